The van der Waals surface area contributed by atoms with Crippen LogP contribution in [0, 0.1) is 11.3 Å². The van der Waals surface area contributed by atoms with Crippen LogP contribution in [-0.4, -0.2) is 69.1 Å². The van der Waals surface area contributed by atoms with Crippen molar-refractivity contribution in [3.63, 3.8) is 0 Å². The van der Waals surface area contributed by atoms with Crippen molar-refractivity contribution >= 4 is 66.9 Å². The van der Waals surface area contributed by atoms with Gasteiger partial charge in [0, 0.05) is 36.1 Å². The predicted molar refractivity (Wildman–Crippen MR) is 233 cm³/mol. The summed E-state index contributed by atoms with van der Waals surface area (Å²) in [4.78, 5) is 54.4. The Bertz CT molecular complexity index is 2610. The fourth-order valence-corrected chi connectivity index (χ4v) is 8.73. The van der Waals surface area contributed by atoms with Crippen LogP contribution in [0.15, 0.2) is 66.7 Å². The van der Waals surface area contributed by atoms with Gasteiger partial charge >= 0.3 is 12.1 Å². The van der Waals surface area contributed by atoms with Gasteiger partial charge in [-0.2, -0.15) is 10.4 Å². The SMILES string of the molecule is CN(C(=O)c1cccc2c1CN(c1nc(C(=O)OC(C)(C)C)c(CCCOc3cccc(-c4nn(C(=O)OC(C)(C)C)c(N)c4C#N)c3)s1)CC2)c1nc2ccccc2s1. The third-order valence-electron chi connectivity index (χ3n) is 9.45. The number of benzene rings is 3. The van der Waals surface area contributed by atoms with Gasteiger partial charge in [-0.25, -0.2) is 19.6 Å². The summed E-state index contributed by atoms with van der Waals surface area (Å²) in [6, 6.07) is 22.7. The molecule has 0 bridgehead atoms. The Morgan fingerprint density at radius 2 is 1.70 bits per heavy atom. The van der Waals surface area contributed by atoms with Crippen LogP contribution in [0.5, 0.6) is 5.75 Å². The lowest BCUT2D eigenvalue weighted by Gasteiger charge is -2.30. The van der Waals surface area contributed by atoms with E-state index in [1.54, 1.807) is 57.0 Å². The number of nitrogens with two attached hydrogens (primary N) is 1. The van der Waals surface area contributed by atoms with E-state index in [2.05, 4.69) is 16.1 Å². The number of carbonyl (C=O) groups excluding carboxylic acids is 3. The lowest BCUT2D eigenvalue weighted by molar-refractivity contribution is 0.00620. The molecule has 60 heavy (non-hydrogen) atoms. The van der Waals surface area contributed by atoms with Crippen molar-refractivity contribution in [1.29, 1.82) is 5.26 Å². The lowest BCUT2D eigenvalue weighted by Crippen LogP contribution is -2.34. The van der Waals surface area contributed by atoms with Crippen LogP contribution in [0.3, 0.4) is 0 Å². The number of rotatable bonds is 10. The number of nitrogens with zero attached hydrogens (tertiary/aromatic N) is 7. The van der Waals surface area contributed by atoms with Crippen molar-refractivity contribution in [3.05, 3.63) is 99.6 Å². The third kappa shape index (κ3) is 9.12. The summed E-state index contributed by atoms with van der Waals surface area (Å²) in [6.45, 7) is 12.0. The number of nitriles is 1. The molecule has 0 aliphatic carbocycles. The second-order valence-electron chi connectivity index (χ2n) is 16.3. The number of nitrogen functional groups attached to an aromatic ring is 1. The number of hydrogen-bond donors (Lipinski definition) is 1. The maximum Gasteiger partial charge on any atom is 0.437 e. The molecule has 0 atom stereocenters. The number of thiazole rings is 2. The maximum absolute atomic E-state index is 14.0. The molecule has 0 saturated carbocycles. The van der Waals surface area contributed by atoms with E-state index in [1.807, 2.05) is 63.2 Å². The molecule has 0 saturated heterocycles. The van der Waals surface area contributed by atoms with Crippen molar-refractivity contribution in [3.8, 4) is 23.1 Å². The quantitative estimate of drug-likeness (QED) is 0.103. The molecule has 4 heterocycles. The molecule has 0 spiro atoms. The molecular formula is C44H46N8O6S2. The largest absolute Gasteiger partial charge is 0.494 e. The van der Waals surface area contributed by atoms with Gasteiger partial charge in [-0.3, -0.25) is 9.69 Å². The van der Waals surface area contributed by atoms with Gasteiger partial charge in [0.2, 0.25) is 0 Å². The molecule has 16 heteroatoms. The Morgan fingerprint density at radius 1 is 0.950 bits per heavy atom. The average molecular weight is 847 g/mol. The van der Waals surface area contributed by atoms with E-state index in [0.29, 0.717) is 66.1 Å². The first-order valence-electron chi connectivity index (χ1n) is 19.5. The van der Waals surface area contributed by atoms with Crippen LogP contribution >= 0.6 is 22.7 Å². The molecule has 0 unspecified atom stereocenters. The highest BCUT2D eigenvalue weighted by molar-refractivity contribution is 7.22. The minimum atomic E-state index is -0.790. The van der Waals surface area contributed by atoms with Gasteiger partial charge < -0.3 is 24.8 Å². The molecule has 0 radical (unpaired) electrons. The first-order chi connectivity index (χ1) is 28.5. The molecule has 14 nitrogen and oxygen atoms in total. The number of amides is 1. The van der Waals surface area contributed by atoms with Gasteiger partial charge in [0.25, 0.3) is 5.91 Å². The highest BCUT2D eigenvalue weighted by atomic mass is 32.1. The lowest BCUT2D eigenvalue weighted by atomic mass is 9.94. The summed E-state index contributed by atoms with van der Waals surface area (Å²) in [7, 11) is 1.75. The van der Waals surface area contributed by atoms with Gasteiger partial charge in [0.1, 0.15) is 34.3 Å². The predicted octanol–water partition coefficient (Wildman–Crippen LogP) is 8.66. The second-order valence-corrected chi connectivity index (χ2v) is 18.4. The number of fused-ring (bicyclic) bond motifs is 2. The Morgan fingerprint density at radius 3 is 2.43 bits per heavy atom. The van der Waals surface area contributed by atoms with E-state index in [4.69, 9.17) is 29.9 Å². The summed E-state index contributed by atoms with van der Waals surface area (Å²) in [5.41, 5.74) is 9.19. The molecule has 3 aromatic carbocycles. The Balaban J connectivity index is 1.07. The zero-order valence-electron chi connectivity index (χ0n) is 34.6. The van der Waals surface area contributed by atoms with Gasteiger partial charge in [0.15, 0.2) is 21.8 Å². The van der Waals surface area contributed by atoms with Crippen LogP contribution < -0.4 is 20.3 Å². The van der Waals surface area contributed by atoms with Crippen molar-refractivity contribution in [2.24, 2.45) is 0 Å². The van der Waals surface area contributed by atoms with E-state index >= 15 is 0 Å². The third-order valence-corrected chi connectivity index (χ3v) is 11.7. The smallest absolute Gasteiger partial charge is 0.437 e. The summed E-state index contributed by atoms with van der Waals surface area (Å²) in [5, 5.41) is 15.5. The minimum absolute atomic E-state index is 0.0468. The van der Waals surface area contributed by atoms with Crippen molar-refractivity contribution in [2.45, 2.75) is 78.6 Å². The molecule has 1 amide bonds. The number of esters is 1. The van der Waals surface area contributed by atoms with Gasteiger partial charge in [-0.1, -0.05) is 47.7 Å². The highest BCUT2D eigenvalue weighted by Gasteiger charge is 2.30. The first kappa shape index (κ1) is 41.8. The molecular weight excluding hydrogens is 801 g/mol. The summed E-state index contributed by atoms with van der Waals surface area (Å²) < 4.78 is 19.3. The fourth-order valence-electron chi connectivity index (χ4n) is 6.69. The van der Waals surface area contributed by atoms with E-state index in [1.165, 1.54) is 22.7 Å². The summed E-state index contributed by atoms with van der Waals surface area (Å²) >= 11 is 2.91. The van der Waals surface area contributed by atoms with Crippen LogP contribution in [-0.2, 0) is 28.9 Å². The molecule has 2 N–H and O–H groups in total. The molecule has 7 rings (SSSR count). The maximum atomic E-state index is 14.0. The van der Waals surface area contributed by atoms with E-state index < -0.39 is 23.3 Å². The van der Waals surface area contributed by atoms with Gasteiger partial charge in [-0.05, 0) is 102 Å². The van der Waals surface area contributed by atoms with E-state index in [9.17, 15) is 19.6 Å². The molecule has 0 fully saturated rings. The van der Waals surface area contributed by atoms with E-state index in [-0.39, 0.29) is 28.7 Å². The molecule has 1 aliphatic rings. The molecule has 310 valence electrons. The Labute approximate surface area is 356 Å². The monoisotopic (exact) mass is 846 g/mol. The number of anilines is 3. The van der Waals surface area contributed by atoms with Crippen molar-refractivity contribution in [1.82, 2.24) is 19.7 Å². The van der Waals surface area contributed by atoms with Crippen LogP contribution in [0.2, 0.25) is 0 Å². The number of hydrogen-bond acceptors (Lipinski definition) is 14. The minimum Gasteiger partial charge on any atom is -0.494 e. The van der Waals surface area contributed by atoms with Gasteiger partial charge in [-0.15, -0.1) is 16.0 Å². The summed E-state index contributed by atoms with van der Waals surface area (Å²) in [5.74, 6) is -0.241. The summed E-state index contributed by atoms with van der Waals surface area (Å²) in [6.07, 6.45) is 0.948. The van der Waals surface area contributed by atoms with Crippen molar-refractivity contribution < 1.29 is 28.6 Å². The first-order valence-corrected chi connectivity index (χ1v) is 21.1. The Hall–Kier alpha value is -6.31. The zero-order valence-corrected chi connectivity index (χ0v) is 36.2. The zero-order chi connectivity index (χ0) is 42.9. The van der Waals surface area contributed by atoms with Crippen LogP contribution in [0.1, 0.15) is 90.4 Å². The number of carbonyl (C=O) groups is 3. The van der Waals surface area contributed by atoms with Crippen molar-refractivity contribution in [2.75, 3.05) is 35.7 Å². The number of aromatic nitrogens is 4. The standard InChI is InChI=1S/C44H46N8O6S2/c1-43(2,3)57-39(54)36-34(19-12-22-56-28-15-10-14-27(23-28)35-30(24-45)37(46)52(49-35)42(55)58-44(4,5)6)60-41(48-36)51-21-20-26-13-11-16-29(31(26)25-51)38(53)50(7)40-47-32-17-8-9-18-33(32)59-40/h8-11,13-18,23H,12,19-22,25,46H2,1-7H3. The average Bonchev–Trinajstić information content (AvgIpc) is 3.92. The molecule has 6 aromatic rings. The topological polar surface area (TPSA) is 179 Å². The van der Waals surface area contributed by atoms with Gasteiger partial charge in [0.05, 0.1) is 16.8 Å². The molecule has 1 aliphatic heterocycles. The fraction of sp³-hybridized carbons (Fsp3) is 0.341. The second kappa shape index (κ2) is 16.7. The number of para-hydroxylation sites is 1. The van der Waals surface area contributed by atoms with Crippen LogP contribution in [0.25, 0.3) is 21.5 Å². The normalized spacial score (nSPS) is 12.8. The van der Waals surface area contributed by atoms with E-state index in [0.717, 1.165) is 30.9 Å². The highest BCUT2D eigenvalue weighted by Crippen LogP contribution is 2.35. The number of aryl methyl sites for hydroxylation is 1. The Kier molecular flexibility index (Phi) is 11.7. The van der Waals surface area contributed by atoms with Crippen LogP contribution in [0.4, 0.5) is 20.9 Å². The molecule has 3 aromatic heterocycles. The number of ether oxygens (including phenoxy) is 3.